The number of carboxylic acid groups (broad SMARTS) is 1. The summed E-state index contributed by atoms with van der Waals surface area (Å²) in [6, 6.07) is 9.37. The van der Waals surface area contributed by atoms with Crippen LogP contribution in [-0.2, 0) is 9.59 Å². The molecule has 0 aliphatic carbocycles. The van der Waals surface area contributed by atoms with E-state index in [2.05, 4.69) is 0 Å². The minimum Gasteiger partial charge on any atom is -0.481 e. The Kier molecular flexibility index (Phi) is 4.32. The van der Waals surface area contributed by atoms with Crippen molar-refractivity contribution in [1.82, 2.24) is 4.90 Å². The van der Waals surface area contributed by atoms with E-state index in [0.717, 1.165) is 5.56 Å². The zero-order valence-electron chi connectivity index (χ0n) is 12.3. The van der Waals surface area contributed by atoms with Gasteiger partial charge in [-0.05, 0) is 25.8 Å². The molecule has 5 heteroatoms. The van der Waals surface area contributed by atoms with Crippen LogP contribution in [0.25, 0.3) is 0 Å². The van der Waals surface area contributed by atoms with Gasteiger partial charge in [0.05, 0.1) is 17.4 Å². The van der Waals surface area contributed by atoms with Crippen LogP contribution in [0.2, 0.25) is 0 Å². The van der Waals surface area contributed by atoms with E-state index in [4.69, 9.17) is 5.11 Å². The lowest BCUT2D eigenvalue weighted by Gasteiger charge is -2.26. The van der Waals surface area contributed by atoms with Gasteiger partial charge < -0.3 is 15.1 Å². The number of rotatable bonds is 5. The number of aliphatic hydroxyl groups excluding tert-OH is 1. The van der Waals surface area contributed by atoms with Crippen LogP contribution in [0.5, 0.6) is 0 Å². The highest BCUT2D eigenvalue weighted by molar-refractivity contribution is 5.91. The fraction of sp³-hybridized carbons (Fsp3) is 0.500. The first-order valence-electron chi connectivity index (χ1n) is 7.11. The molecule has 0 saturated carbocycles. The molecule has 1 aromatic rings. The highest BCUT2D eigenvalue weighted by Gasteiger charge is 2.54. The molecule has 0 radical (unpaired) electrons. The zero-order valence-corrected chi connectivity index (χ0v) is 12.3. The zero-order chi connectivity index (χ0) is 15.6. The monoisotopic (exact) mass is 291 g/mol. The molecule has 3 atom stereocenters. The Labute approximate surface area is 124 Å². The summed E-state index contributed by atoms with van der Waals surface area (Å²) in [5.41, 5.74) is -0.175. The van der Waals surface area contributed by atoms with Gasteiger partial charge in [0.1, 0.15) is 0 Å². The first-order chi connectivity index (χ1) is 9.91. The van der Waals surface area contributed by atoms with Crippen LogP contribution in [-0.4, -0.2) is 40.1 Å². The molecular weight excluding hydrogens is 270 g/mol. The molecule has 1 aliphatic heterocycles. The van der Waals surface area contributed by atoms with E-state index in [1.165, 1.54) is 0 Å². The molecule has 114 valence electrons. The van der Waals surface area contributed by atoms with Gasteiger partial charge in [-0.15, -0.1) is 0 Å². The maximum Gasteiger partial charge on any atom is 0.311 e. The number of hydrogen-bond donors (Lipinski definition) is 2. The minimum atomic E-state index is -1.15. The summed E-state index contributed by atoms with van der Waals surface area (Å²) >= 11 is 0. The number of carbonyl (C=O) groups is 2. The van der Waals surface area contributed by atoms with Gasteiger partial charge in [-0.25, -0.2) is 0 Å². The second-order valence-corrected chi connectivity index (χ2v) is 5.84. The summed E-state index contributed by atoms with van der Waals surface area (Å²) in [6.07, 6.45) is 0.180. The van der Waals surface area contributed by atoms with Gasteiger partial charge in [-0.2, -0.15) is 0 Å². The largest absolute Gasteiger partial charge is 0.481 e. The molecule has 0 spiro atoms. The molecule has 1 heterocycles. The molecule has 1 saturated heterocycles. The first-order valence-corrected chi connectivity index (χ1v) is 7.11. The Morgan fingerprint density at radius 2 is 2.05 bits per heavy atom. The molecule has 2 N–H and O–H groups in total. The van der Waals surface area contributed by atoms with Crippen molar-refractivity contribution in [3.05, 3.63) is 35.9 Å². The molecule has 0 bridgehead atoms. The van der Waals surface area contributed by atoms with Gasteiger partial charge in [0.2, 0.25) is 5.91 Å². The van der Waals surface area contributed by atoms with Gasteiger partial charge in [-0.1, -0.05) is 30.3 Å². The lowest BCUT2D eigenvalue weighted by molar-refractivity contribution is -0.151. The van der Waals surface area contributed by atoms with Crippen LogP contribution in [0.1, 0.15) is 31.9 Å². The third-order valence-corrected chi connectivity index (χ3v) is 4.50. The quantitative estimate of drug-likeness (QED) is 0.865. The molecule has 1 aromatic carbocycles. The van der Waals surface area contributed by atoms with Crippen molar-refractivity contribution in [3.8, 4) is 0 Å². The Bertz CT molecular complexity index is 530. The molecule has 1 fully saturated rings. The van der Waals surface area contributed by atoms with Crippen LogP contribution in [0.4, 0.5) is 0 Å². The molecular formula is C16H21NO4. The lowest BCUT2D eigenvalue weighted by atomic mass is 9.78. The summed E-state index contributed by atoms with van der Waals surface area (Å²) in [5, 5.41) is 18.6. The van der Waals surface area contributed by atoms with Gasteiger partial charge in [-0.3, -0.25) is 9.59 Å². The van der Waals surface area contributed by atoms with E-state index >= 15 is 0 Å². The number of nitrogens with zero attached hydrogens (tertiary/aromatic N) is 1. The average molecular weight is 291 g/mol. The van der Waals surface area contributed by atoms with Crippen LogP contribution in [0.3, 0.4) is 0 Å². The van der Waals surface area contributed by atoms with E-state index < -0.39 is 17.3 Å². The van der Waals surface area contributed by atoms with Crippen molar-refractivity contribution < 1.29 is 19.8 Å². The Morgan fingerprint density at radius 1 is 1.43 bits per heavy atom. The number of aliphatic carboxylic acids is 1. The Hall–Kier alpha value is -1.88. The average Bonchev–Trinajstić information content (AvgIpc) is 2.74. The number of amides is 1. The molecule has 1 unspecified atom stereocenters. The standard InChI is InChI=1S/C16H21NO4/c1-11(12-6-4-3-5-7-12)17-10-16(2,15(20)21)13(8-9-18)14(17)19/h3-7,11,13,18H,8-10H2,1-2H3,(H,20,21)/t11-,13?,16-/m1/s1. The van der Waals surface area contributed by atoms with Gasteiger partial charge in [0.15, 0.2) is 0 Å². The topological polar surface area (TPSA) is 77.8 Å². The second-order valence-electron chi connectivity index (χ2n) is 5.84. The second kappa shape index (κ2) is 5.85. The van der Waals surface area contributed by atoms with Crippen molar-refractivity contribution in [2.24, 2.45) is 11.3 Å². The van der Waals surface area contributed by atoms with Crippen molar-refractivity contribution >= 4 is 11.9 Å². The van der Waals surface area contributed by atoms with Gasteiger partial charge >= 0.3 is 5.97 Å². The maximum absolute atomic E-state index is 12.6. The third-order valence-electron chi connectivity index (χ3n) is 4.50. The SMILES string of the molecule is C[C@H](c1ccccc1)N1C[C@@](C)(C(=O)O)C(CCO)C1=O. The minimum absolute atomic E-state index is 0.169. The fourth-order valence-corrected chi connectivity index (χ4v) is 3.04. The van der Waals surface area contributed by atoms with E-state index in [9.17, 15) is 14.7 Å². The van der Waals surface area contributed by atoms with Crippen LogP contribution < -0.4 is 0 Å². The van der Waals surface area contributed by atoms with E-state index in [1.807, 2.05) is 37.3 Å². The molecule has 0 aromatic heterocycles. The summed E-state index contributed by atoms with van der Waals surface area (Å²) in [5.74, 6) is -1.85. The predicted molar refractivity (Wildman–Crippen MR) is 77.5 cm³/mol. The smallest absolute Gasteiger partial charge is 0.311 e. The Balaban J connectivity index is 2.30. The number of likely N-dealkylation sites (tertiary alicyclic amines) is 1. The third kappa shape index (κ3) is 2.65. The maximum atomic E-state index is 12.6. The number of aliphatic hydroxyl groups is 1. The van der Waals surface area contributed by atoms with E-state index in [1.54, 1.807) is 11.8 Å². The lowest BCUT2D eigenvalue weighted by Crippen LogP contribution is -2.36. The number of hydrogen-bond acceptors (Lipinski definition) is 3. The van der Waals surface area contributed by atoms with Crippen molar-refractivity contribution in [1.29, 1.82) is 0 Å². The normalized spacial score (nSPS) is 26.9. The van der Waals surface area contributed by atoms with Crippen LogP contribution in [0.15, 0.2) is 30.3 Å². The predicted octanol–water partition coefficient (Wildman–Crippen LogP) is 1.68. The molecule has 1 amide bonds. The summed E-state index contributed by atoms with van der Waals surface area (Å²) < 4.78 is 0. The van der Waals surface area contributed by atoms with Crippen LogP contribution in [0, 0.1) is 11.3 Å². The van der Waals surface area contributed by atoms with Crippen molar-refractivity contribution in [2.75, 3.05) is 13.2 Å². The van der Waals surface area contributed by atoms with Crippen LogP contribution >= 0.6 is 0 Å². The van der Waals surface area contributed by atoms with Crippen molar-refractivity contribution in [3.63, 3.8) is 0 Å². The van der Waals surface area contributed by atoms with Gasteiger partial charge in [0, 0.05) is 13.2 Å². The number of carbonyl (C=O) groups excluding carboxylic acids is 1. The number of benzene rings is 1. The first kappa shape index (κ1) is 15.5. The van der Waals surface area contributed by atoms with Crippen molar-refractivity contribution in [2.45, 2.75) is 26.3 Å². The molecule has 1 aliphatic rings. The highest BCUT2D eigenvalue weighted by Crippen LogP contribution is 2.42. The highest BCUT2D eigenvalue weighted by atomic mass is 16.4. The summed E-state index contributed by atoms with van der Waals surface area (Å²) in [4.78, 5) is 25.8. The summed E-state index contributed by atoms with van der Waals surface area (Å²) in [6.45, 7) is 3.47. The number of carboxylic acids is 1. The van der Waals surface area contributed by atoms with Gasteiger partial charge in [0.25, 0.3) is 0 Å². The Morgan fingerprint density at radius 3 is 2.57 bits per heavy atom. The molecule has 2 rings (SSSR count). The van der Waals surface area contributed by atoms with E-state index in [-0.39, 0.29) is 31.5 Å². The van der Waals surface area contributed by atoms with E-state index in [0.29, 0.717) is 0 Å². The fourth-order valence-electron chi connectivity index (χ4n) is 3.04. The molecule has 5 nitrogen and oxygen atoms in total. The molecule has 21 heavy (non-hydrogen) atoms. The summed E-state index contributed by atoms with van der Waals surface area (Å²) in [7, 11) is 0.